The van der Waals surface area contributed by atoms with Crippen molar-refractivity contribution in [2.75, 3.05) is 14.1 Å². The van der Waals surface area contributed by atoms with Gasteiger partial charge in [-0.05, 0) is 24.6 Å². The van der Waals surface area contributed by atoms with Gasteiger partial charge in [0.05, 0.1) is 11.4 Å². The molecule has 0 unspecified atom stereocenters. The Kier molecular flexibility index (Phi) is 5.00. The molecule has 1 aromatic carbocycles. The molecular weight excluding hydrogens is 406 g/mol. The molecule has 28 heavy (non-hydrogen) atoms. The summed E-state index contributed by atoms with van der Waals surface area (Å²) >= 11 is 0.861. The van der Waals surface area contributed by atoms with Crippen molar-refractivity contribution in [3.8, 4) is 0 Å². The number of aromatic nitrogens is 2. The lowest BCUT2D eigenvalue weighted by atomic mass is 10.2. The number of carboxylic acid groups (broad SMARTS) is 1. The Hall–Kier alpha value is -2.76. The van der Waals surface area contributed by atoms with E-state index in [1.807, 2.05) is 0 Å². The van der Waals surface area contributed by atoms with Crippen LogP contribution in [-0.4, -0.2) is 46.9 Å². The van der Waals surface area contributed by atoms with Gasteiger partial charge in [0.15, 0.2) is 0 Å². The third kappa shape index (κ3) is 3.28. The van der Waals surface area contributed by atoms with Gasteiger partial charge in [0.1, 0.15) is 9.71 Å². The first-order valence-corrected chi connectivity index (χ1v) is 10.3. The van der Waals surface area contributed by atoms with Crippen LogP contribution in [0.5, 0.6) is 0 Å². The van der Waals surface area contributed by atoms with E-state index in [1.165, 1.54) is 51.5 Å². The van der Waals surface area contributed by atoms with Crippen LogP contribution in [0, 0.1) is 6.92 Å². The molecule has 1 N–H and O–H groups in total. The highest BCUT2D eigenvalue weighted by molar-refractivity contribution is 7.89. The Morgan fingerprint density at radius 3 is 2.32 bits per heavy atom. The van der Waals surface area contributed by atoms with Gasteiger partial charge in [-0.2, -0.15) is 0 Å². The number of hydrogen-bond donors (Lipinski definition) is 1. The van der Waals surface area contributed by atoms with Crippen LogP contribution in [0.4, 0.5) is 0 Å². The van der Waals surface area contributed by atoms with Crippen LogP contribution >= 0.6 is 11.3 Å². The van der Waals surface area contributed by atoms with Gasteiger partial charge in [0, 0.05) is 25.9 Å². The van der Waals surface area contributed by atoms with Gasteiger partial charge in [-0.15, -0.1) is 11.3 Å². The van der Waals surface area contributed by atoms with Crippen LogP contribution in [0.3, 0.4) is 0 Å². The number of thiazole rings is 1. The van der Waals surface area contributed by atoms with Gasteiger partial charge >= 0.3 is 11.7 Å². The van der Waals surface area contributed by atoms with Crippen LogP contribution in [0.2, 0.25) is 0 Å². The van der Waals surface area contributed by atoms with Crippen molar-refractivity contribution >= 4 is 32.2 Å². The molecule has 0 aliphatic heterocycles. The summed E-state index contributed by atoms with van der Waals surface area (Å²) in [7, 11) is -0.730. The summed E-state index contributed by atoms with van der Waals surface area (Å²) in [6.07, 6.45) is 1.19. The second kappa shape index (κ2) is 7.00. The Morgan fingerprint density at radius 2 is 1.79 bits per heavy atom. The minimum atomic E-state index is -3.58. The lowest BCUT2D eigenvalue weighted by molar-refractivity contribution is 0.0701. The largest absolute Gasteiger partial charge is 0.477 e. The molecule has 2 heterocycles. The van der Waals surface area contributed by atoms with E-state index in [2.05, 4.69) is 0 Å². The molecule has 0 saturated carbocycles. The van der Waals surface area contributed by atoms with Crippen LogP contribution < -0.4 is 11.2 Å². The number of rotatable bonds is 5. The maximum atomic E-state index is 12.7. The van der Waals surface area contributed by atoms with E-state index in [0.717, 1.165) is 24.6 Å². The van der Waals surface area contributed by atoms with Crippen LogP contribution in [0.15, 0.2) is 44.9 Å². The van der Waals surface area contributed by atoms with Gasteiger partial charge in [0.2, 0.25) is 10.0 Å². The number of carboxylic acids is 1. The van der Waals surface area contributed by atoms with Gasteiger partial charge in [-0.25, -0.2) is 22.3 Å². The second-order valence-corrected chi connectivity index (χ2v) is 9.49. The van der Waals surface area contributed by atoms with Crippen LogP contribution in [-0.2, 0) is 16.6 Å². The molecule has 3 rings (SSSR count). The lowest BCUT2D eigenvalue weighted by Gasteiger charge is -2.12. The molecule has 9 nitrogen and oxygen atoms in total. The summed E-state index contributed by atoms with van der Waals surface area (Å²) in [5.74, 6) is -1.18. The molecule has 0 amide bonds. The molecule has 0 spiro atoms. The lowest BCUT2D eigenvalue weighted by Crippen LogP contribution is -2.38. The highest BCUT2D eigenvalue weighted by atomic mass is 32.2. The smallest absolute Gasteiger partial charge is 0.347 e. The standard InChI is InChI=1S/C17H17N3O6S2/c1-10-14(21)19(17(24)20-9-13(16(22)23)27-15(10)20)8-11-4-6-12(7-5-11)28(25,26)18(2)3/h4-7,9H,8H2,1-3H3,(H,22,23). The molecule has 0 fully saturated rings. The number of nitrogens with zero attached hydrogens (tertiary/aromatic N) is 3. The van der Waals surface area contributed by atoms with Crippen LogP contribution in [0.1, 0.15) is 20.8 Å². The summed E-state index contributed by atoms with van der Waals surface area (Å²) in [4.78, 5) is 36.8. The molecule has 3 aromatic rings. The normalized spacial score (nSPS) is 12.0. The van der Waals surface area contributed by atoms with Gasteiger partial charge in [-0.1, -0.05) is 12.1 Å². The van der Waals surface area contributed by atoms with Crippen LogP contribution in [0.25, 0.3) is 4.83 Å². The van der Waals surface area contributed by atoms with Gasteiger partial charge in [0.25, 0.3) is 5.56 Å². The summed E-state index contributed by atoms with van der Waals surface area (Å²) in [6.45, 7) is 1.46. The van der Waals surface area contributed by atoms with Crippen molar-refractivity contribution in [2.45, 2.75) is 18.4 Å². The molecular formula is C17H17N3O6S2. The molecule has 148 valence electrons. The van der Waals surface area contributed by atoms with Crippen molar-refractivity contribution in [1.82, 2.24) is 13.3 Å². The summed E-state index contributed by atoms with van der Waals surface area (Å²) in [5, 5.41) is 9.13. The first-order valence-electron chi connectivity index (χ1n) is 8.04. The van der Waals surface area contributed by atoms with Crippen molar-refractivity contribution in [1.29, 1.82) is 0 Å². The number of hydrogen-bond acceptors (Lipinski definition) is 6. The van der Waals surface area contributed by atoms with E-state index in [1.54, 1.807) is 0 Å². The second-order valence-electron chi connectivity index (χ2n) is 6.31. The minimum Gasteiger partial charge on any atom is -0.477 e. The Bertz CT molecular complexity index is 1300. The zero-order valence-corrected chi connectivity index (χ0v) is 16.9. The van der Waals surface area contributed by atoms with E-state index in [9.17, 15) is 22.8 Å². The predicted octanol–water partition coefficient (Wildman–Crippen LogP) is 0.828. The first kappa shape index (κ1) is 20.0. The van der Waals surface area contributed by atoms with E-state index >= 15 is 0 Å². The van der Waals surface area contributed by atoms with Crippen molar-refractivity contribution in [2.24, 2.45) is 0 Å². The van der Waals surface area contributed by atoms with Crippen molar-refractivity contribution in [3.05, 3.63) is 67.3 Å². The number of fused-ring (bicyclic) bond motifs is 1. The molecule has 0 radical (unpaired) electrons. The fourth-order valence-electron chi connectivity index (χ4n) is 2.66. The quantitative estimate of drug-likeness (QED) is 0.649. The van der Waals surface area contributed by atoms with E-state index in [0.29, 0.717) is 5.56 Å². The average Bonchev–Trinajstić information content (AvgIpc) is 3.10. The van der Waals surface area contributed by atoms with E-state index < -0.39 is 27.2 Å². The molecule has 0 bridgehead atoms. The van der Waals surface area contributed by atoms with E-state index in [4.69, 9.17) is 5.11 Å². The SMILES string of the molecule is Cc1c(=O)n(Cc2ccc(S(=O)(=O)N(C)C)cc2)c(=O)n2cc(C(=O)O)sc12. The number of carbonyl (C=O) groups is 1. The summed E-state index contributed by atoms with van der Waals surface area (Å²) < 4.78 is 27.5. The molecule has 0 aliphatic rings. The zero-order valence-electron chi connectivity index (χ0n) is 15.2. The summed E-state index contributed by atoms with van der Waals surface area (Å²) in [5.41, 5.74) is -0.345. The first-order chi connectivity index (χ1) is 13.0. The Labute approximate surface area is 163 Å². The maximum absolute atomic E-state index is 12.7. The Balaban J connectivity index is 2.07. The van der Waals surface area contributed by atoms with Gasteiger partial charge < -0.3 is 5.11 Å². The maximum Gasteiger partial charge on any atom is 0.347 e. The number of sulfonamides is 1. The third-order valence-corrected chi connectivity index (χ3v) is 7.27. The number of aromatic carboxylic acids is 1. The summed E-state index contributed by atoms with van der Waals surface area (Å²) in [6, 6.07) is 5.88. The molecule has 0 saturated heterocycles. The fourth-order valence-corrected chi connectivity index (χ4v) is 4.49. The highest BCUT2D eigenvalue weighted by Crippen LogP contribution is 2.18. The molecule has 0 atom stereocenters. The fraction of sp³-hybridized carbons (Fsp3) is 0.235. The average molecular weight is 423 g/mol. The zero-order chi connectivity index (χ0) is 20.8. The third-order valence-electron chi connectivity index (χ3n) is 4.25. The number of aryl methyl sites for hydroxylation is 1. The topological polar surface area (TPSA) is 118 Å². The minimum absolute atomic E-state index is 0.0457. The monoisotopic (exact) mass is 423 g/mol. The molecule has 2 aromatic heterocycles. The molecule has 0 aliphatic carbocycles. The van der Waals surface area contributed by atoms with E-state index in [-0.39, 0.29) is 26.7 Å². The molecule has 11 heteroatoms. The highest BCUT2D eigenvalue weighted by Gasteiger charge is 2.19. The van der Waals surface area contributed by atoms with Crippen molar-refractivity contribution in [3.63, 3.8) is 0 Å². The number of benzene rings is 1. The Morgan fingerprint density at radius 1 is 1.18 bits per heavy atom. The van der Waals surface area contributed by atoms with Crippen molar-refractivity contribution < 1.29 is 18.3 Å². The predicted molar refractivity (Wildman–Crippen MR) is 104 cm³/mol. The van der Waals surface area contributed by atoms with Gasteiger partial charge in [-0.3, -0.25) is 13.8 Å².